The topological polar surface area (TPSA) is 127 Å². The number of amides is 2. The summed E-state index contributed by atoms with van der Waals surface area (Å²) in [6, 6.07) is 6.35. The largest absolute Gasteiger partial charge is 0.497 e. The van der Waals surface area contributed by atoms with Crippen molar-refractivity contribution < 1.29 is 33.7 Å². The molecule has 0 radical (unpaired) electrons. The summed E-state index contributed by atoms with van der Waals surface area (Å²) >= 11 is 0. The van der Waals surface area contributed by atoms with E-state index in [-0.39, 0.29) is 25.3 Å². The molecule has 0 bridgehead atoms. The molecule has 10 heteroatoms. The van der Waals surface area contributed by atoms with Gasteiger partial charge in [0.2, 0.25) is 11.8 Å². The Bertz CT molecular complexity index is 1210. The molecule has 1 aliphatic carbocycles. The van der Waals surface area contributed by atoms with Crippen molar-refractivity contribution in [3.63, 3.8) is 0 Å². The van der Waals surface area contributed by atoms with Crippen LogP contribution in [0.15, 0.2) is 43.1 Å². The number of carbonyl (C=O) groups is 3. The summed E-state index contributed by atoms with van der Waals surface area (Å²) < 4.78 is 17.0. The van der Waals surface area contributed by atoms with Crippen molar-refractivity contribution in [2.45, 2.75) is 56.9 Å². The van der Waals surface area contributed by atoms with Gasteiger partial charge in [-0.05, 0) is 56.8 Å². The zero-order valence-electron chi connectivity index (χ0n) is 20.8. The van der Waals surface area contributed by atoms with Gasteiger partial charge in [0.15, 0.2) is 0 Å². The normalized spacial score (nSPS) is 25.2. The molecule has 2 amide bonds. The van der Waals surface area contributed by atoms with E-state index in [0.717, 1.165) is 10.8 Å². The van der Waals surface area contributed by atoms with Crippen LogP contribution in [-0.4, -0.2) is 69.9 Å². The van der Waals surface area contributed by atoms with Crippen LogP contribution in [0, 0.1) is 5.92 Å². The monoisotopic (exact) mass is 497 g/mol. The summed E-state index contributed by atoms with van der Waals surface area (Å²) in [6.45, 7) is 8.92. The molecule has 1 aliphatic heterocycles. The Balaban J connectivity index is 1.57. The summed E-state index contributed by atoms with van der Waals surface area (Å²) in [7, 11) is 1.59. The maximum Gasteiger partial charge on any atom is 0.411 e. The van der Waals surface area contributed by atoms with Crippen molar-refractivity contribution in [1.29, 1.82) is 0 Å². The second-order valence-electron chi connectivity index (χ2n) is 10.1. The fourth-order valence-electron chi connectivity index (χ4n) is 4.48. The smallest absolute Gasteiger partial charge is 0.411 e. The van der Waals surface area contributed by atoms with Crippen molar-refractivity contribution in [2.75, 3.05) is 13.7 Å². The number of fused-ring (bicyclic) bond motifs is 1. The van der Waals surface area contributed by atoms with E-state index >= 15 is 0 Å². The summed E-state index contributed by atoms with van der Waals surface area (Å²) in [4.78, 5) is 43.8. The van der Waals surface area contributed by atoms with Crippen LogP contribution in [0.4, 0.5) is 4.79 Å². The van der Waals surface area contributed by atoms with Crippen molar-refractivity contribution >= 4 is 28.7 Å². The van der Waals surface area contributed by atoms with Crippen molar-refractivity contribution in [3.8, 4) is 11.6 Å². The molecule has 2 heterocycles. The van der Waals surface area contributed by atoms with E-state index < -0.39 is 41.3 Å². The van der Waals surface area contributed by atoms with Gasteiger partial charge in [0.05, 0.1) is 13.7 Å². The van der Waals surface area contributed by atoms with Gasteiger partial charge in [-0.1, -0.05) is 6.08 Å². The number of pyridine rings is 1. The number of methoxy groups -OCH3 is 1. The maximum absolute atomic E-state index is 13.3. The van der Waals surface area contributed by atoms with E-state index in [1.807, 2.05) is 18.2 Å². The third-order valence-corrected chi connectivity index (χ3v) is 6.43. The summed E-state index contributed by atoms with van der Waals surface area (Å²) in [5.41, 5.74) is -2.19. The number of nitrogens with zero attached hydrogens (tertiary/aromatic N) is 2. The Morgan fingerprint density at radius 2 is 2.03 bits per heavy atom. The predicted molar refractivity (Wildman–Crippen MR) is 131 cm³/mol. The van der Waals surface area contributed by atoms with Gasteiger partial charge in [0.25, 0.3) is 0 Å². The number of nitrogens with one attached hydrogen (secondary N) is 1. The summed E-state index contributed by atoms with van der Waals surface area (Å²) in [5, 5.41) is 14.0. The average Bonchev–Trinajstić information content (AvgIpc) is 3.37. The van der Waals surface area contributed by atoms with Gasteiger partial charge in [0, 0.05) is 23.9 Å². The maximum atomic E-state index is 13.3. The highest BCUT2D eigenvalue weighted by atomic mass is 16.6. The zero-order chi connectivity index (χ0) is 26.3. The van der Waals surface area contributed by atoms with E-state index in [2.05, 4.69) is 16.9 Å². The number of aromatic nitrogens is 1. The molecule has 192 valence electrons. The van der Waals surface area contributed by atoms with Crippen LogP contribution < -0.4 is 14.8 Å². The molecule has 2 N–H and O–H groups in total. The average molecular weight is 498 g/mol. The number of benzene rings is 1. The Labute approximate surface area is 209 Å². The number of rotatable bonds is 7. The van der Waals surface area contributed by atoms with E-state index in [1.165, 1.54) is 11.0 Å². The second kappa shape index (κ2) is 9.33. The molecule has 1 aromatic carbocycles. The predicted octanol–water partition coefficient (Wildman–Crippen LogP) is 3.15. The molecule has 4 rings (SSSR count). The molecular formula is C26H31N3O7. The Hall–Kier alpha value is -3.82. The molecule has 1 aromatic heterocycles. The fraction of sp³-hybridized carbons (Fsp3) is 0.462. The first-order valence-electron chi connectivity index (χ1n) is 11.7. The number of carboxylic acids is 1. The molecular weight excluding hydrogens is 466 g/mol. The number of carboxylic acid groups (broad SMARTS) is 1. The molecule has 0 unspecified atom stereocenters. The van der Waals surface area contributed by atoms with Crippen LogP contribution >= 0.6 is 0 Å². The fourth-order valence-corrected chi connectivity index (χ4v) is 4.48. The molecule has 10 nitrogen and oxygen atoms in total. The highest BCUT2D eigenvalue weighted by molar-refractivity contribution is 5.94. The minimum atomic E-state index is -1.41. The van der Waals surface area contributed by atoms with Crippen molar-refractivity contribution in [1.82, 2.24) is 15.2 Å². The second-order valence-corrected chi connectivity index (χ2v) is 10.1. The first-order valence-corrected chi connectivity index (χ1v) is 11.7. The van der Waals surface area contributed by atoms with Crippen LogP contribution in [0.25, 0.3) is 10.8 Å². The van der Waals surface area contributed by atoms with Gasteiger partial charge in [-0.2, -0.15) is 0 Å². The van der Waals surface area contributed by atoms with Crippen LogP contribution in [0.5, 0.6) is 11.6 Å². The van der Waals surface area contributed by atoms with Crippen LogP contribution in [-0.2, 0) is 14.3 Å². The molecule has 1 saturated heterocycles. The molecule has 2 aromatic rings. The lowest BCUT2D eigenvalue weighted by atomic mass is 10.1. The molecule has 36 heavy (non-hydrogen) atoms. The molecule has 2 aliphatic rings. The van der Waals surface area contributed by atoms with Gasteiger partial charge in [-0.25, -0.2) is 14.6 Å². The number of carbonyl (C=O) groups excluding carboxylic acids is 2. The van der Waals surface area contributed by atoms with Gasteiger partial charge < -0.3 is 24.6 Å². The molecule has 0 spiro atoms. The Morgan fingerprint density at radius 1 is 1.28 bits per heavy atom. The van der Waals surface area contributed by atoms with Crippen molar-refractivity contribution in [2.24, 2.45) is 5.92 Å². The minimum Gasteiger partial charge on any atom is -0.497 e. The van der Waals surface area contributed by atoms with E-state index in [4.69, 9.17) is 14.2 Å². The van der Waals surface area contributed by atoms with Gasteiger partial charge in [-0.3, -0.25) is 9.69 Å². The summed E-state index contributed by atoms with van der Waals surface area (Å²) in [6.07, 6.45) is 2.28. The molecule has 4 atom stereocenters. The highest BCUT2D eigenvalue weighted by Gasteiger charge is 2.61. The third kappa shape index (κ3) is 4.93. The van der Waals surface area contributed by atoms with E-state index in [9.17, 15) is 19.5 Å². The van der Waals surface area contributed by atoms with Gasteiger partial charge >= 0.3 is 12.1 Å². The number of likely N-dealkylation sites (tertiary alicyclic amines) is 1. The van der Waals surface area contributed by atoms with Crippen LogP contribution in [0.2, 0.25) is 0 Å². The minimum absolute atomic E-state index is 0.0756. The SMILES string of the molecule is C=C[C@@H]1C[C@]1(NC(=O)[C@@H]1C[C@@H](Oc2nccc3cc(OC)ccc23)CN1C(=O)OC(C)(C)C)C(=O)O. The Kier molecular flexibility index (Phi) is 6.55. The van der Waals surface area contributed by atoms with E-state index in [0.29, 0.717) is 11.6 Å². The first kappa shape index (κ1) is 25.3. The number of hydrogen-bond acceptors (Lipinski definition) is 7. The lowest BCUT2D eigenvalue weighted by molar-refractivity contribution is -0.144. The third-order valence-electron chi connectivity index (χ3n) is 6.43. The number of ether oxygens (including phenoxy) is 3. The molecule has 2 fully saturated rings. The van der Waals surface area contributed by atoms with Gasteiger partial charge in [0.1, 0.15) is 29.0 Å². The molecule has 1 saturated carbocycles. The van der Waals surface area contributed by atoms with Crippen LogP contribution in [0.3, 0.4) is 0 Å². The van der Waals surface area contributed by atoms with Crippen molar-refractivity contribution in [3.05, 3.63) is 43.1 Å². The van der Waals surface area contributed by atoms with Crippen LogP contribution in [0.1, 0.15) is 33.6 Å². The van der Waals surface area contributed by atoms with E-state index in [1.54, 1.807) is 40.1 Å². The van der Waals surface area contributed by atoms with Gasteiger partial charge in [-0.15, -0.1) is 6.58 Å². The number of aliphatic carboxylic acids is 1. The number of hydrogen-bond donors (Lipinski definition) is 2. The lowest BCUT2D eigenvalue weighted by Gasteiger charge is -2.28. The summed E-state index contributed by atoms with van der Waals surface area (Å²) in [5.74, 6) is -1.03. The zero-order valence-corrected chi connectivity index (χ0v) is 20.8. The Morgan fingerprint density at radius 3 is 2.64 bits per heavy atom. The lowest BCUT2D eigenvalue weighted by Crippen LogP contribution is -2.53. The first-order chi connectivity index (χ1) is 17.0. The quantitative estimate of drug-likeness (QED) is 0.559. The standard InChI is InChI=1S/C26H31N3O7/c1-6-16-13-26(16,23(31)32)28-21(30)20-12-18(14-29(20)24(33)36-25(2,3)4)35-22-19-8-7-17(34-5)11-15(19)9-10-27-22/h6-11,16,18,20H,1,12-14H2,2-5H3,(H,28,30)(H,31,32)/t16-,18-,20+,26-/m1/s1. The highest BCUT2D eigenvalue weighted by Crippen LogP contribution is 2.45.